The van der Waals surface area contributed by atoms with Gasteiger partial charge in [-0.1, -0.05) is 0 Å². The molecule has 0 spiro atoms. The average molecular weight is 274 g/mol. The third-order valence-corrected chi connectivity index (χ3v) is 8.65. The fraction of sp³-hybridized carbons (Fsp3) is 0.875. The Bertz CT molecular complexity index is 542. The molecular formula is C16H18O4. The summed E-state index contributed by atoms with van der Waals surface area (Å²) in [5, 5.41) is 0. The van der Waals surface area contributed by atoms with Gasteiger partial charge in [0.15, 0.2) is 0 Å². The molecule has 0 heterocycles. The Balaban J connectivity index is 1.48. The number of methoxy groups -OCH3 is 2. The van der Waals surface area contributed by atoms with Crippen molar-refractivity contribution >= 4 is 11.9 Å². The second-order valence-electron chi connectivity index (χ2n) is 7.82. The molecule has 106 valence electrons. The van der Waals surface area contributed by atoms with Gasteiger partial charge in [-0.2, -0.15) is 0 Å². The lowest BCUT2D eigenvalue weighted by atomic mass is 9.88. The van der Waals surface area contributed by atoms with Crippen molar-refractivity contribution in [2.75, 3.05) is 14.2 Å². The second-order valence-corrected chi connectivity index (χ2v) is 7.82. The molecule has 8 saturated carbocycles. The number of hydrogen-bond acceptors (Lipinski definition) is 4. The van der Waals surface area contributed by atoms with E-state index >= 15 is 0 Å². The Morgan fingerprint density at radius 2 is 1.05 bits per heavy atom. The Morgan fingerprint density at radius 3 is 1.30 bits per heavy atom. The van der Waals surface area contributed by atoms with Crippen LogP contribution in [0.15, 0.2) is 0 Å². The van der Waals surface area contributed by atoms with Gasteiger partial charge in [0.2, 0.25) is 0 Å². The summed E-state index contributed by atoms with van der Waals surface area (Å²) in [5.74, 6) is 2.09. The number of rotatable bonds is 3. The number of carbonyl (C=O) groups is 2. The van der Waals surface area contributed by atoms with E-state index in [1.165, 1.54) is 14.2 Å². The van der Waals surface area contributed by atoms with Gasteiger partial charge in [0.25, 0.3) is 0 Å². The summed E-state index contributed by atoms with van der Waals surface area (Å²) in [4.78, 5) is 24.7. The van der Waals surface area contributed by atoms with Crippen molar-refractivity contribution in [3.05, 3.63) is 0 Å². The number of ether oxygens (including phenoxy) is 2. The number of esters is 2. The molecule has 0 N–H and O–H groups in total. The Kier molecular flexibility index (Phi) is 1.24. The fourth-order valence-corrected chi connectivity index (χ4v) is 8.76. The average Bonchev–Trinajstić information content (AvgIpc) is 3.29. The monoisotopic (exact) mass is 274 g/mol. The molecule has 0 saturated heterocycles. The minimum absolute atomic E-state index is 0.0105. The predicted octanol–water partition coefficient (Wildman–Crippen LogP) is 1.38. The van der Waals surface area contributed by atoms with Gasteiger partial charge in [-0.15, -0.1) is 0 Å². The van der Waals surface area contributed by atoms with Gasteiger partial charge in [0, 0.05) is 10.8 Å². The lowest BCUT2D eigenvalue weighted by Crippen LogP contribution is -2.16. The van der Waals surface area contributed by atoms with Crippen molar-refractivity contribution in [3.8, 4) is 0 Å². The molecule has 8 rings (SSSR count). The highest BCUT2D eigenvalue weighted by molar-refractivity contribution is 5.99. The molecule has 4 nitrogen and oxygen atoms in total. The van der Waals surface area contributed by atoms with Crippen LogP contribution in [0.25, 0.3) is 0 Å². The van der Waals surface area contributed by atoms with Gasteiger partial charge in [0.05, 0.1) is 25.0 Å². The molecule has 4 bridgehead atoms. The van der Waals surface area contributed by atoms with Crippen LogP contribution in [0.5, 0.6) is 0 Å². The minimum Gasteiger partial charge on any atom is -0.469 e. The predicted molar refractivity (Wildman–Crippen MR) is 66.2 cm³/mol. The summed E-state index contributed by atoms with van der Waals surface area (Å²) in [6, 6.07) is 0. The van der Waals surface area contributed by atoms with Crippen LogP contribution in [-0.2, 0) is 19.1 Å². The zero-order valence-electron chi connectivity index (χ0n) is 11.8. The molecule has 8 aliphatic carbocycles. The summed E-state index contributed by atoms with van der Waals surface area (Å²) in [6.07, 6.45) is 4.66. The molecule has 8 fully saturated rings. The van der Waals surface area contributed by atoms with Crippen molar-refractivity contribution < 1.29 is 19.1 Å². The van der Waals surface area contributed by atoms with Crippen LogP contribution in [0, 0.1) is 45.3 Å². The van der Waals surface area contributed by atoms with Crippen LogP contribution in [0.3, 0.4) is 0 Å². The quantitative estimate of drug-likeness (QED) is 0.730. The van der Waals surface area contributed by atoms with E-state index in [9.17, 15) is 9.59 Å². The van der Waals surface area contributed by atoms with E-state index in [1.807, 2.05) is 0 Å². The standard InChI is InChI=1S/C16H18O4/c1-19-11(17)13-7-3-4-8(13)15(7,13)16-9-5-6-10(16)14(9,16)12(18)20-2/h7-10H,3-6H2,1-2H3. The molecule has 0 aromatic rings. The smallest absolute Gasteiger partial charge is 0.313 e. The topological polar surface area (TPSA) is 52.6 Å². The maximum Gasteiger partial charge on any atom is 0.313 e. The van der Waals surface area contributed by atoms with Crippen LogP contribution in [-0.4, -0.2) is 26.2 Å². The summed E-state index contributed by atoms with van der Waals surface area (Å²) < 4.78 is 10.2. The number of hydrogen-bond donors (Lipinski definition) is 0. The van der Waals surface area contributed by atoms with Crippen molar-refractivity contribution in [2.45, 2.75) is 25.7 Å². The van der Waals surface area contributed by atoms with Gasteiger partial charge in [-0.3, -0.25) is 9.59 Å². The number of carbonyl (C=O) groups excluding carboxylic acids is 2. The lowest BCUT2D eigenvalue weighted by Gasteiger charge is -2.14. The van der Waals surface area contributed by atoms with E-state index in [0.29, 0.717) is 23.7 Å². The zero-order chi connectivity index (χ0) is 13.7. The van der Waals surface area contributed by atoms with Crippen LogP contribution in [0.4, 0.5) is 0 Å². The van der Waals surface area contributed by atoms with Crippen LogP contribution < -0.4 is 0 Å². The van der Waals surface area contributed by atoms with E-state index in [-0.39, 0.29) is 33.6 Å². The SMILES string of the molecule is COC(=O)C12C3CCC1C32C12C3CCC1C32C(=O)OC. The van der Waals surface area contributed by atoms with Crippen LogP contribution in [0.2, 0.25) is 0 Å². The van der Waals surface area contributed by atoms with Crippen LogP contribution >= 0.6 is 0 Å². The molecule has 4 unspecified atom stereocenters. The van der Waals surface area contributed by atoms with Crippen molar-refractivity contribution in [2.24, 2.45) is 45.3 Å². The number of fused-ring (bicyclic) bond motifs is 2. The first-order valence-corrected chi connectivity index (χ1v) is 7.83. The highest BCUT2D eigenvalue weighted by Crippen LogP contribution is 3.19. The van der Waals surface area contributed by atoms with Crippen molar-refractivity contribution in [1.29, 1.82) is 0 Å². The molecule has 0 aromatic carbocycles. The summed E-state index contributed by atoms with van der Waals surface area (Å²) in [5.41, 5.74) is -0.0239. The Labute approximate surface area is 117 Å². The van der Waals surface area contributed by atoms with Gasteiger partial charge in [-0.25, -0.2) is 0 Å². The van der Waals surface area contributed by atoms with Gasteiger partial charge < -0.3 is 9.47 Å². The molecule has 4 atom stereocenters. The maximum atomic E-state index is 12.3. The van der Waals surface area contributed by atoms with Gasteiger partial charge in [-0.05, 0) is 49.4 Å². The highest BCUT2D eigenvalue weighted by atomic mass is 16.5. The van der Waals surface area contributed by atoms with E-state index in [1.54, 1.807) is 0 Å². The van der Waals surface area contributed by atoms with E-state index in [0.717, 1.165) is 25.7 Å². The summed E-state index contributed by atoms with van der Waals surface area (Å²) >= 11 is 0. The van der Waals surface area contributed by atoms with Crippen molar-refractivity contribution in [3.63, 3.8) is 0 Å². The molecule has 0 amide bonds. The Morgan fingerprint density at radius 1 is 0.750 bits per heavy atom. The fourth-order valence-electron chi connectivity index (χ4n) is 8.76. The first-order chi connectivity index (χ1) is 9.66. The summed E-state index contributed by atoms with van der Waals surface area (Å²) in [7, 11) is 3.02. The minimum atomic E-state index is -0.172. The van der Waals surface area contributed by atoms with E-state index < -0.39 is 0 Å². The zero-order valence-corrected chi connectivity index (χ0v) is 11.8. The Hall–Kier alpha value is -1.06. The third kappa shape index (κ3) is 0.509. The maximum absolute atomic E-state index is 12.3. The van der Waals surface area contributed by atoms with Crippen LogP contribution in [0.1, 0.15) is 25.7 Å². The molecule has 20 heavy (non-hydrogen) atoms. The normalized spacial score (nSPS) is 67.9. The molecule has 4 heteroatoms. The molecule has 0 aliphatic heterocycles. The molecule has 8 aliphatic rings. The van der Waals surface area contributed by atoms with Gasteiger partial charge >= 0.3 is 11.9 Å². The summed E-state index contributed by atoms with van der Waals surface area (Å²) in [6.45, 7) is 0. The van der Waals surface area contributed by atoms with E-state index in [4.69, 9.17) is 9.47 Å². The largest absolute Gasteiger partial charge is 0.469 e. The highest BCUT2D eigenvalue weighted by Gasteiger charge is 3.21. The first kappa shape index (κ1) is 10.6. The van der Waals surface area contributed by atoms with E-state index in [2.05, 4.69) is 0 Å². The third-order valence-electron chi connectivity index (χ3n) is 8.65. The lowest BCUT2D eigenvalue weighted by molar-refractivity contribution is -0.146. The first-order valence-electron chi connectivity index (χ1n) is 7.83. The molecule has 0 aromatic heterocycles. The molecule has 0 radical (unpaired) electrons. The van der Waals surface area contributed by atoms with Crippen molar-refractivity contribution in [1.82, 2.24) is 0 Å². The molecular weight excluding hydrogens is 256 g/mol. The second kappa shape index (κ2) is 2.34. The van der Waals surface area contributed by atoms with Gasteiger partial charge in [0.1, 0.15) is 0 Å².